The predicted molar refractivity (Wildman–Crippen MR) is 50.6 cm³/mol. The van der Waals surface area contributed by atoms with Crippen molar-refractivity contribution in [2.24, 2.45) is 0 Å². The highest BCUT2D eigenvalue weighted by Crippen LogP contribution is 2.29. The Morgan fingerprint density at radius 2 is 2.25 bits per heavy atom. The molecule has 3 heteroatoms. The number of halogens is 1. The highest BCUT2D eigenvalue weighted by molar-refractivity contribution is 9.10. The summed E-state index contributed by atoms with van der Waals surface area (Å²) in [5.74, 6) is 0. The highest BCUT2D eigenvalue weighted by atomic mass is 79.9. The van der Waals surface area contributed by atoms with Gasteiger partial charge in [0.25, 0.3) is 0 Å². The molecule has 0 aliphatic carbocycles. The second-order valence-electron chi connectivity index (χ2n) is 2.81. The van der Waals surface area contributed by atoms with Gasteiger partial charge in [0.05, 0.1) is 0 Å². The van der Waals surface area contributed by atoms with E-state index in [0.29, 0.717) is 0 Å². The summed E-state index contributed by atoms with van der Waals surface area (Å²) >= 11 is 3.50. The van der Waals surface area contributed by atoms with Crippen LogP contribution in [0.2, 0.25) is 0 Å². The summed E-state index contributed by atoms with van der Waals surface area (Å²) in [5, 5.41) is 0. The van der Waals surface area contributed by atoms with Gasteiger partial charge in [0.15, 0.2) is 0 Å². The smallest absolute Gasteiger partial charge is 0.106 e. The predicted octanol–water partition coefficient (Wildman–Crippen LogP) is 2.42. The number of hydrogen-bond donors (Lipinski definition) is 1. The zero-order valence-corrected chi connectivity index (χ0v) is 8.17. The molecule has 1 fully saturated rings. The second-order valence-corrected chi connectivity index (χ2v) is 3.67. The molecule has 1 N–H and O–H groups in total. The van der Waals surface area contributed by atoms with Gasteiger partial charge in [-0.2, -0.15) is 0 Å². The first-order chi connectivity index (χ1) is 5.88. The molecule has 0 amide bonds. The summed E-state index contributed by atoms with van der Waals surface area (Å²) in [6.45, 7) is 0.937. The molecular formula is C9H10BrNO. The lowest BCUT2D eigenvalue weighted by Gasteiger charge is -2.09. The van der Waals surface area contributed by atoms with Gasteiger partial charge in [-0.15, -0.1) is 0 Å². The minimum atomic E-state index is 0.209. The summed E-state index contributed by atoms with van der Waals surface area (Å²) in [7, 11) is 0. The Hall–Kier alpha value is -0.380. The van der Waals surface area contributed by atoms with Gasteiger partial charge >= 0.3 is 0 Å². The summed E-state index contributed by atoms with van der Waals surface area (Å²) in [6, 6.07) is 8.16. The van der Waals surface area contributed by atoms with Gasteiger partial charge in [-0.3, -0.25) is 4.84 Å². The van der Waals surface area contributed by atoms with Gasteiger partial charge in [-0.25, -0.2) is 5.48 Å². The van der Waals surface area contributed by atoms with Crippen molar-refractivity contribution >= 4 is 15.9 Å². The molecule has 0 saturated carbocycles. The summed E-state index contributed by atoms with van der Waals surface area (Å²) in [5.41, 5.74) is 4.10. The molecule has 1 atom stereocenters. The minimum Gasteiger partial charge on any atom is -0.294 e. The lowest BCUT2D eigenvalue weighted by molar-refractivity contribution is 0.0333. The van der Waals surface area contributed by atoms with E-state index >= 15 is 0 Å². The molecular weight excluding hydrogens is 218 g/mol. The van der Waals surface area contributed by atoms with Crippen molar-refractivity contribution in [3.8, 4) is 0 Å². The molecule has 1 aromatic rings. The third-order valence-electron chi connectivity index (χ3n) is 1.99. The Morgan fingerprint density at radius 3 is 2.92 bits per heavy atom. The van der Waals surface area contributed by atoms with Gasteiger partial charge < -0.3 is 0 Å². The van der Waals surface area contributed by atoms with Crippen LogP contribution in [0.5, 0.6) is 0 Å². The van der Waals surface area contributed by atoms with Crippen molar-refractivity contribution in [3.05, 3.63) is 34.3 Å². The van der Waals surface area contributed by atoms with Crippen molar-refractivity contribution in [1.82, 2.24) is 5.48 Å². The van der Waals surface area contributed by atoms with Gasteiger partial charge in [-0.1, -0.05) is 34.1 Å². The summed E-state index contributed by atoms with van der Waals surface area (Å²) in [4.78, 5) is 5.34. The third-order valence-corrected chi connectivity index (χ3v) is 2.71. The van der Waals surface area contributed by atoms with E-state index in [1.165, 1.54) is 5.56 Å². The molecule has 0 aromatic heterocycles. The fraction of sp³-hybridized carbons (Fsp3) is 0.333. The van der Waals surface area contributed by atoms with Crippen LogP contribution in [0.15, 0.2) is 28.7 Å². The van der Waals surface area contributed by atoms with E-state index in [-0.39, 0.29) is 6.10 Å². The minimum absolute atomic E-state index is 0.209. The Balaban J connectivity index is 2.26. The Labute approximate surface area is 80.0 Å². The first kappa shape index (κ1) is 8.23. The van der Waals surface area contributed by atoms with E-state index in [4.69, 9.17) is 4.84 Å². The molecule has 2 rings (SSSR count). The van der Waals surface area contributed by atoms with E-state index in [1.807, 2.05) is 18.2 Å². The van der Waals surface area contributed by atoms with Crippen LogP contribution < -0.4 is 5.48 Å². The van der Waals surface area contributed by atoms with E-state index in [9.17, 15) is 0 Å². The molecule has 1 aliphatic heterocycles. The average Bonchev–Trinajstić information content (AvgIpc) is 2.57. The van der Waals surface area contributed by atoms with Gasteiger partial charge in [0, 0.05) is 11.0 Å². The molecule has 1 aliphatic rings. The van der Waals surface area contributed by atoms with E-state index in [1.54, 1.807) is 0 Å². The first-order valence-corrected chi connectivity index (χ1v) is 4.80. The molecule has 64 valence electrons. The van der Waals surface area contributed by atoms with Crippen LogP contribution in [-0.4, -0.2) is 6.54 Å². The Bertz CT molecular complexity index is 271. The second kappa shape index (κ2) is 3.56. The van der Waals surface area contributed by atoms with E-state index in [0.717, 1.165) is 17.4 Å². The number of nitrogens with one attached hydrogen (secondary N) is 1. The normalized spacial score (nSPS) is 22.9. The zero-order chi connectivity index (χ0) is 8.39. The molecule has 1 aromatic carbocycles. The average molecular weight is 228 g/mol. The van der Waals surface area contributed by atoms with Crippen LogP contribution in [0.25, 0.3) is 0 Å². The topological polar surface area (TPSA) is 21.3 Å². The third kappa shape index (κ3) is 1.53. The molecule has 12 heavy (non-hydrogen) atoms. The largest absolute Gasteiger partial charge is 0.294 e. The molecule has 0 bridgehead atoms. The fourth-order valence-electron chi connectivity index (χ4n) is 1.36. The molecule has 0 radical (unpaired) electrons. The monoisotopic (exact) mass is 227 g/mol. The SMILES string of the molecule is Brc1ccccc1C1CCNO1. The Morgan fingerprint density at radius 1 is 1.42 bits per heavy atom. The van der Waals surface area contributed by atoms with Crippen molar-refractivity contribution in [1.29, 1.82) is 0 Å². The zero-order valence-electron chi connectivity index (χ0n) is 6.59. The van der Waals surface area contributed by atoms with Crippen LogP contribution in [0.3, 0.4) is 0 Å². The van der Waals surface area contributed by atoms with Gasteiger partial charge in [-0.05, 0) is 18.1 Å². The van der Waals surface area contributed by atoms with Crippen LogP contribution in [0.1, 0.15) is 18.1 Å². The van der Waals surface area contributed by atoms with Crippen molar-refractivity contribution in [2.75, 3.05) is 6.54 Å². The number of hydroxylamine groups is 1. The number of benzene rings is 1. The summed E-state index contributed by atoms with van der Waals surface area (Å²) in [6.07, 6.45) is 1.25. The van der Waals surface area contributed by atoms with Crippen LogP contribution in [-0.2, 0) is 4.84 Å². The standard InChI is InChI=1S/C9H10BrNO/c10-8-4-2-1-3-7(8)9-5-6-11-12-9/h1-4,9,11H,5-6H2. The molecule has 1 saturated heterocycles. The molecule has 2 nitrogen and oxygen atoms in total. The maximum atomic E-state index is 5.34. The van der Waals surface area contributed by atoms with Crippen molar-refractivity contribution in [3.63, 3.8) is 0 Å². The van der Waals surface area contributed by atoms with Gasteiger partial charge in [0.1, 0.15) is 6.10 Å². The van der Waals surface area contributed by atoms with E-state index in [2.05, 4.69) is 27.5 Å². The highest BCUT2D eigenvalue weighted by Gasteiger charge is 2.19. The van der Waals surface area contributed by atoms with Crippen molar-refractivity contribution in [2.45, 2.75) is 12.5 Å². The van der Waals surface area contributed by atoms with Gasteiger partial charge in [0.2, 0.25) is 0 Å². The summed E-state index contributed by atoms with van der Waals surface area (Å²) < 4.78 is 1.12. The lowest BCUT2D eigenvalue weighted by Crippen LogP contribution is -2.04. The van der Waals surface area contributed by atoms with Crippen molar-refractivity contribution < 1.29 is 4.84 Å². The van der Waals surface area contributed by atoms with Crippen LogP contribution >= 0.6 is 15.9 Å². The first-order valence-electron chi connectivity index (χ1n) is 4.01. The molecule has 1 heterocycles. The number of hydrogen-bond acceptors (Lipinski definition) is 2. The fourth-order valence-corrected chi connectivity index (χ4v) is 1.90. The van der Waals surface area contributed by atoms with Crippen LogP contribution in [0.4, 0.5) is 0 Å². The Kier molecular flexibility index (Phi) is 2.44. The maximum Gasteiger partial charge on any atom is 0.106 e. The molecule has 0 spiro atoms. The van der Waals surface area contributed by atoms with Crippen LogP contribution in [0, 0.1) is 0 Å². The van der Waals surface area contributed by atoms with E-state index < -0.39 is 0 Å². The quantitative estimate of drug-likeness (QED) is 0.796. The maximum absolute atomic E-state index is 5.34. The molecule has 1 unspecified atom stereocenters. The number of rotatable bonds is 1. The lowest BCUT2D eigenvalue weighted by atomic mass is 10.1.